The summed E-state index contributed by atoms with van der Waals surface area (Å²) in [5, 5.41) is 32.0. The summed E-state index contributed by atoms with van der Waals surface area (Å²) in [6, 6.07) is 17.7. The van der Waals surface area contributed by atoms with Gasteiger partial charge in [0.2, 0.25) is 0 Å². The molecule has 8 nitrogen and oxygen atoms in total. The topological polar surface area (TPSA) is 120 Å². The summed E-state index contributed by atoms with van der Waals surface area (Å²) in [6.45, 7) is 3.67. The molecule has 0 aliphatic heterocycles. The minimum Gasteiger partial charge on any atom is -0.504 e. The summed E-state index contributed by atoms with van der Waals surface area (Å²) < 4.78 is 7.40. The zero-order chi connectivity index (χ0) is 25.7. The number of carbonyl (C=O) groups is 1. The monoisotopic (exact) mass is 484 g/mol. The average molecular weight is 485 g/mol. The molecule has 0 aliphatic rings. The number of hydrogen-bond acceptors (Lipinski definition) is 6. The number of aromatic nitrogens is 2. The molecule has 1 amide bonds. The van der Waals surface area contributed by atoms with Crippen molar-refractivity contribution in [2.45, 2.75) is 38.8 Å². The molecule has 3 N–H and O–H groups in total. The molecule has 0 fully saturated rings. The first-order valence-corrected chi connectivity index (χ1v) is 11.8. The lowest BCUT2D eigenvalue weighted by Crippen LogP contribution is -2.37. The van der Waals surface area contributed by atoms with Gasteiger partial charge in [-0.2, -0.15) is 5.26 Å². The van der Waals surface area contributed by atoms with Gasteiger partial charge in [0.25, 0.3) is 5.91 Å². The van der Waals surface area contributed by atoms with Gasteiger partial charge in [-0.3, -0.25) is 4.79 Å². The van der Waals surface area contributed by atoms with E-state index in [9.17, 15) is 20.3 Å². The summed E-state index contributed by atoms with van der Waals surface area (Å²) >= 11 is 0. The largest absolute Gasteiger partial charge is 0.504 e. The second-order valence-corrected chi connectivity index (χ2v) is 8.82. The lowest BCUT2D eigenvalue weighted by atomic mass is 10.0. The van der Waals surface area contributed by atoms with Crippen molar-refractivity contribution in [3.8, 4) is 28.8 Å². The highest BCUT2D eigenvalue weighted by molar-refractivity contribution is 5.95. The number of aliphatic hydroxyl groups excluding tert-OH is 1. The minimum atomic E-state index is -0.317. The van der Waals surface area contributed by atoms with Crippen LogP contribution in [0.1, 0.15) is 41.8 Å². The Bertz CT molecular complexity index is 1400. The van der Waals surface area contributed by atoms with E-state index in [4.69, 9.17) is 4.74 Å². The van der Waals surface area contributed by atoms with Crippen LogP contribution in [0.4, 0.5) is 0 Å². The molecule has 4 aromatic rings. The van der Waals surface area contributed by atoms with Crippen LogP contribution in [0.2, 0.25) is 0 Å². The van der Waals surface area contributed by atoms with Crippen LogP contribution < -0.4 is 10.1 Å². The Hall–Kier alpha value is -4.35. The molecule has 8 heteroatoms. The highest BCUT2D eigenvalue weighted by Gasteiger charge is 2.17. The molecule has 184 valence electrons. The number of fused-ring (bicyclic) bond motifs is 1. The van der Waals surface area contributed by atoms with Crippen LogP contribution in [0, 0.1) is 11.3 Å². The van der Waals surface area contributed by atoms with Crippen molar-refractivity contribution in [2.75, 3.05) is 6.61 Å². The highest BCUT2D eigenvalue weighted by atomic mass is 16.5. The number of ether oxygens (including phenoxy) is 1. The SMILES string of the molecule is CC(C)Oc1ccc(C(=O)N[C@H](CCO)Cc2ccc(-c3cn4cccc(O)c4n3)cc2)cc1C#N. The van der Waals surface area contributed by atoms with Crippen LogP contribution in [-0.4, -0.2) is 44.3 Å². The average Bonchev–Trinajstić information content (AvgIpc) is 3.30. The Labute approximate surface area is 209 Å². The number of benzene rings is 2. The number of nitrogens with zero attached hydrogens (tertiary/aromatic N) is 3. The fourth-order valence-electron chi connectivity index (χ4n) is 4.00. The van der Waals surface area contributed by atoms with E-state index in [0.29, 0.717) is 35.4 Å². The maximum atomic E-state index is 12.9. The number of nitriles is 1. The number of aliphatic hydroxyl groups is 1. The molecule has 0 spiro atoms. The Balaban J connectivity index is 1.46. The fraction of sp³-hybridized carbons (Fsp3) is 0.250. The van der Waals surface area contributed by atoms with Crippen molar-refractivity contribution in [3.05, 3.63) is 83.7 Å². The van der Waals surface area contributed by atoms with E-state index in [-0.39, 0.29) is 30.4 Å². The minimum absolute atomic E-state index is 0.0710. The van der Waals surface area contributed by atoms with Crippen LogP contribution in [0.15, 0.2) is 67.0 Å². The van der Waals surface area contributed by atoms with E-state index in [1.54, 1.807) is 28.7 Å². The number of imidazole rings is 1. The zero-order valence-corrected chi connectivity index (χ0v) is 20.2. The van der Waals surface area contributed by atoms with Crippen molar-refractivity contribution in [1.29, 1.82) is 5.26 Å². The number of carbonyl (C=O) groups excluding carboxylic acids is 1. The molecule has 2 aromatic carbocycles. The van der Waals surface area contributed by atoms with Crippen LogP contribution >= 0.6 is 0 Å². The maximum Gasteiger partial charge on any atom is 0.251 e. The fourth-order valence-corrected chi connectivity index (χ4v) is 4.00. The summed E-state index contributed by atoms with van der Waals surface area (Å²) in [7, 11) is 0. The van der Waals surface area contributed by atoms with Gasteiger partial charge in [-0.05, 0) is 62.6 Å². The van der Waals surface area contributed by atoms with E-state index in [1.807, 2.05) is 50.5 Å². The van der Waals surface area contributed by atoms with Crippen LogP contribution in [0.5, 0.6) is 11.5 Å². The molecule has 0 saturated carbocycles. The first-order chi connectivity index (χ1) is 17.4. The number of nitrogens with one attached hydrogen (secondary N) is 1. The predicted molar refractivity (Wildman–Crippen MR) is 136 cm³/mol. The van der Waals surface area contributed by atoms with E-state index in [1.165, 1.54) is 6.07 Å². The third-order valence-corrected chi connectivity index (χ3v) is 5.73. The van der Waals surface area contributed by atoms with Gasteiger partial charge in [-0.25, -0.2) is 4.98 Å². The van der Waals surface area contributed by atoms with Gasteiger partial charge in [-0.1, -0.05) is 24.3 Å². The quantitative estimate of drug-likeness (QED) is 0.329. The van der Waals surface area contributed by atoms with Crippen molar-refractivity contribution >= 4 is 11.6 Å². The van der Waals surface area contributed by atoms with E-state index < -0.39 is 0 Å². The van der Waals surface area contributed by atoms with Crippen LogP contribution in [0.3, 0.4) is 0 Å². The summed E-state index contributed by atoms with van der Waals surface area (Å²) in [5.74, 6) is 0.242. The molecular weight excluding hydrogens is 456 g/mol. The maximum absolute atomic E-state index is 12.9. The number of aromatic hydroxyl groups is 1. The lowest BCUT2D eigenvalue weighted by Gasteiger charge is -2.19. The first kappa shape index (κ1) is 24.8. The smallest absolute Gasteiger partial charge is 0.251 e. The Morgan fingerprint density at radius 1 is 1.19 bits per heavy atom. The normalized spacial score (nSPS) is 11.9. The van der Waals surface area contributed by atoms with Crippen molar-refractivity contribution in [3.63, 3.8) is 0 Å². The molecular formula is C28H28N4O4. The summed E-state index contributed by atoms with van der Waals surface area (Å²) in [6.07, 6.45) is 4.51. The molecule has 4 rings (SSSR count). The van der Waals surface area contributed by atoms with Gasteiger partial charge in [0, 0.05) is 36.2 Å². The van der Waals surface area contributed by atoms with E-state index in [2.05, 4.69) is 16.4 Å². The lowest BCUT2D eigenvalue weighted by molar-refractivity contribution is 0.0930. The van der Waals surface area contributed by atoms with Gasteiger partial charge in [0.1, 0.15) is 11.8 Å². The van der Waals surface area contributed by atoms with Gasteiger partial charge in [-0.15, -0.1) is 0 Å². The van der Waals surface area contributed by atoms with Crippen molar-refractivity contribution in [2.24, 2.45) is 0 Å². The van der Waals surface area contributed by atoms with E-state index >= 15 is 0 Å². The van der Waals surface area contributed by atoms with Crippen molar-refractivity contribution in [1.82, 2.24) is 14.7 Å². The third-order valence-electron chi connectivity index (χ3n) is 5.73. The molecule has 0 unspecified atom stereocenters. The Morgan fingerprint density at radius 2 is 1.97 bits per heavy atom. The summed E-state index contributed by atoms with van der Waals surface area (Å²) in [4.78, 5) is 17.4. The second-order valence-electron chi connectivity index (χ2n) is 8.82. The van der Waals surface area contributed by atoms with Crippen molar-refractivity contribution < 1.29 is 19.7 Å². The highest BCUT2D eigenvalue weighted by Crippen LogP contribution is 2.24. The molecule has 0 radical (unpaired) electrons. The predicted octanol–water partition coefficient (Wildman–Crippen LogP) is 4.09. The molecule has 36 heavy (non-hydrogen) atoms. The third kappa shape index (κ3) is 5.65. The molecule has 0 bridgehead atoms. The number of rotatable bonds is 9. The van der Waals surface area contributed by atoms with Gasteiger partial charge in [0.15, 0.2) is 11.4 Å². The number of hydrogen-bond donors (Lipinski definition) is 3. The zero-order valence-electron chi connectivity index (χ0n) is 20.2. The van der Waals surface area contributed by atoms with E-state index in [0.717, 1.165) is 16.8 Å². The van der Waals surface area contributed by atoms with Crippen LogP contribution in [-0.2, 0) is 6.42 Å². The molecule has 2 aromatic heterocycles. The Morgan fingerprint density at radius 3 is 2.64 bits per heavy atom. The summed E-state index contributed by atoms with van der Waals surface area (Å²) in [5.41, 5.74) is 3.77. The molecule has 0 saturated heterocycles. The van der Waals surface area contributed by atoms with Gasteiger partial charge < -0.3 is 24.7 Å². The standard InChI is InChI=1S/C28H28N4O4/c1-18(2)36-26-10-9-21(15-22(26)16-29)28(35)30-23(11-13-33)14-19-5-7-20(8-6-19)24-17-32-12-3-4-25(34)27(32)31-24/h3-10,12,15,17-18,23,33-34H,11,13-14H2,1-2H3,(H,30,35)/t23-/m1/s1. The second kappa shape index (κ2) is 10.9. The van der Waals surface area contributed by atoms with Crippen LogP contribution in [0.25, 0.3) is 16.9 Å². The molecule has 0 aliphatic carbocycles. The van der Waals surface area contributed by atoms with Gasteiger partial charge in [0.05, 0.1) is 17.4 Å². The Kier molecular flexibility index (Phi) is 7.52. The number of pyridine rings is 1. The molecule has 1 atom stereocenters. The molecule has 2 heterocycles. The number of amides is 1. The van der Waals surface area contributed by atoms with Gasteiger partial charge >= 0.3 is 0 Å². The first-order valence-electron chi connectivity index (χ1n) is 11.8.